The van der Waals surface area contributed by atoms with Crippen molar-refractivity contribution in [2.45, 2.75) is 20.8 Å². The molecule has 2 rings (SSSR count). The molecule has 1 aliphatic carbocycles. The van der Waals surface area contributed by atoms with E-state index in [-0.39, 0.29) is 5.91 Å². The Kier molecular flexibility index (Phi) is 3.46. The van der Waals surface area contributed by atoms with Gasteiger partial charge in [0.1, 0.15) is 5.75 Å². The number of nitrogens with one attached hydrogen (secondary N) is 1. The number of carbonyl (C=O) groups excluding carboxylic acids is 1. The molecule has 1 aromatic carbocycles. The molecule has 1 aliphatic rings. The van der Waals surface area contributed by atoms with Crippen molar-refractivity contribution in [2.24, 2.45) is 17.3 Å². The molecule has 0 saturated heterocycles. The number of methoxy groups -OCH3 is 1. The summed E-state index contributed by atoms with van der Waals surface area (Å²) in [6.07, 6.45) is 0. The van der Waals surface area contributed by atoms with Crippen LogP contribution in [0.25, 0.3) is 0 Å². The minimum Gasteiger partial charge on any atom is -0.495 e. The van der Waals surface area contributed by atoms with Gasteiger partial charge in [-0.15, -0.1) is 0 Å². The third-order valence-electron chi connectivity index (χ3n) is 3.99. The molecule has 2 unspecified atom stereocenters. The van der Waals surface area contributed by atoms with Crippen LogP contribution in [0.1, 0.15) is 19.4 Å². The molecule has 0 spiro atoms. The number of hydrogen-bond acceptors (Lipinski definition) is 3. The molecule has 108 valence electrons. The van der Waals surface area contributed by atoms with Crippen molar-refractivity contribution in [3.63, 3.8) is 0 Å². The monoisotopic (exact) mass is 277 g/mol. The van der Waals surface area contributed by atoms with Crippen LogP contribution in [0.2, 0.25) is 0 Å². The second-order valence-corrected chi connectivity index (χ2v) is 5.81. The molecule has 1 fully saturated rings. The lowest BCUT2D eigenvalue weighted by Gasteiger charge is -2.11. The van der Waals surface area contributed by atoms with Gasteiger partial charge in [-0.2, -0.15) is 0 Å². The van der Waals surface area contributed by atoms with Crippen molar-refractivity contribution >= 4 is 17.6 Å². The van der Waals surface area contributed by atoms with E-state index in [1.54, 1.807) is 19.9 Å². The lowest BCUT2D eigenvalue weighted by molar-refractivity contribution is -0.140. The normalized spacial score (nSPS) is 23.0. The maximum absolute atomic E-state index is 12.3. The summed E-state index contributed by atoms with van der Waals surface area (Å²) in [4.78, 5) is 23.4. The number of benzene rings is 1. The van der Waals surface area contributed by atoms with Crippen LogP contribution in [0.4, 0.5) is 5.69 Å². The zero-order valence-electron chi connectivity index (χ0n) is 12.1. The van der Waals surface area contributed by atoms with E-state index in [1.807, 2.05) is 19.1 Å². The third kappa shape index (κ3) is 2.35. The summed E-state index contributed by atoms with van der Waals surface area (Å²) in [7, 11) is 1.53. The summed E-state index contributed by atoms with van der Waals surface area (Å²) < 4.78 is 5.20. The summed E-state index contributed by atoms with van der Waals surface area (Å²) in [6.45, 7) is 5.50. The minimum absolute atomic E-state index is 0.272. The molecule has 0 aliphatic heterocycles. The Morgan fingerprint density at radius 3 is 2.45 bits per heavy atom. The van der Waals surface area contributed by atoms with E-state index in [4.69, 9.17) is 9.84 Å². The van der Waals surface area contributed by atoms with Crippen molar-refractivity contribution < 1.29 is 19.4 Å². The van der Waals surface area contributed by atoms with Crippen LogP contribution in [0.5, 0.6) is 5.75 Å². The predicted molar refractivity (Wildman–Crippen MR) is 74.8 cm³/mol. The van der Waals surface area contributed by atoms with Crippen LogP contribution in [0.15, 0.2) is 18.2 Å². The summed E-state index contributed by atoms with van der Waals surface area (Å²) in [5, 5.41) is 11.9. The molecular formula is C15H19NO4. The number of ether oxygens (including phenoxy) is 1. The second kappa shape index (κ2) is 4.81. The predicted octanol–water partition coefficient (Wildman–Crippen LogP) is 2.30. The van der Waals surface area contributed by atoms with Crippen molar-refractivity contribution in [2.75, 3.05) is 12.4 Å². The number of anilines is 1. The molecule has 5 heteroatoms. The molecule has 2 N–H and O–H groups in total. The van der Waals surface area contributed by atoms with E-state index in [9.17, 15) is 9.59 Å². The van der Waals surface area contributed by atoms with Crippen LogP contribution in [0.3, 0.4) is 0 Å². The summed E-state index contributed by atoms with van der Waals surface area (Å²) >= 11 is 0. The number of aliphatic carboxylic acids is 1. The van der Waals surface area contributed by atoms with Gasteiger partial charge in [0.15, 0.2) is 0 Å². The van der Waals surface area contributed by atoms with Crippen LogP contribution >= 0.6 is 0 Å². The van der Waals surface area contributed by atoms with Gasteiger partial charge >= 0.3 is 5.97 Å². The van der Waals surface area contributed by atoms with Crippen LogP contribution < -0.4 is 10.1 Å². The Hall–Kier alpha value is -2.04. The van der Waals surface area contributed by atoms with E-state index in [0.29, 0.717) is 11.4 Å². The fourth-order valence-corrected chi connectivity index (χ4v) is 2.72. The van der Waals surface area contributed by atoms with Crippen LogP contribution in [-0.4, -0.2) is 24.1 Å². The highest BCUT2D eigenvalue weighted by atomic mass is 16.5. The molecule has 1 aromatic rings. The summed E-state index contributed by atoms with van der Waals surface area (Å²) in [5.74, 6) is -1.77. The maximum Gasteiger partial charge on any atom is 0.307 e. The van der Waals surface area contributed by atoms with E-state index in [2.05, 4.69) is 5.32 Å². The van der Waals surface area contributed by atoms with Gasteiger partial charge in [0.25, 0.3) is 0 Å². The number of hydrogen-bond donors (Lipinski definition) is 2. The SMILES string of the molecule is COc1ccc(C)cc1NC(=O)C1C(C(=O)O)C1(C)C. The number of carboxylic acids is 1. The molecule has 20 heavy (non-hydrogen) atoms. The third-order valence-corrected chi connectivity index (χ3v) is 3.99. The topological polar surface area (TPSA) is 75.6 Å². The van der Waals surface area contributed by atoms with Crippen LogP contribution in [-0.2, 0) is 9.59 Å². The van der Waals surface area contributed by atoms with Gasteiger partial charge in [-0.3, -0.25) is 9.59 Å². The average Bonchev–Trinajstić information content (AvgIpc) is 2.93. The smallest absolute Gasteiger partial charge is 0.307 e. The molecular weight excluding hydrogens is 258 g/mol. The van der Waals surface area contributed by atoms with Gasteiger partial charge in [-0.1, -0.05) is 19.9 Å². The highest BCUT2D eigenvalue weighted by Gasteiger charge is 2.65. The molecule has 1 saturated carbocycles. The van der Waals surface area contributed by atoms with Gasteiger partial charge in [-0.05, 0) is 30.0 Å². The molecule has 2 atom stereocenters. The lowest BCUT2D eigenvalue weighted by atomic mass is 10.1. The molecule has 0 radical (unpaired) electrons. The number of aryl methyl sites for hydroxylation is 1. The molecule has 5 nitrogen and oxygen atoms in total. The zero-order valence-corrected chi connectivity index (χ0v) is 12.1. The highest BCUT2D eigenvalue weighted by Crippen LogP contribution is 2.58. The second-order valence-electron chi connectivity index (χ2n) is 5.81. The molecule has 0 bridgehead atoms. The van der Waals surface area contributed by atoms with E-state index < -0.39 is 23.2 Å². The number of carboxylic acid groups (broad SMARTS) is 1. The summed E-state index contributed by atoms with van der Waals surface area (Å²) in [5.41, 5.74) is 1.06. The summed E-state index contributed by atoms with van der Waals surface area (Å²) in [6, 6.07) is 5.47. The molecule has 0 heterocycles. The Balaban J connectivity index is 2.18. The standard InChI is InChI=1S/C15H19NO4/c1-8-5-6-10(20-4)9(7-8)16-13(17)11-12(14(18)19)15(11,2)3/h5-7,11-12H,1-4H3,(H,16,17)(H,18,19). The van der Waals surface area contributed by atoms with Crippen molar-refractivity contribution in [3.05, 3.63) is 23.8 Å². The first-order valence-electron chi connectivity index (χ1n) is 6.47. The highest BCUT2D eigenvalue weighted by molar-refractivity contribution is 6.00. The molecule has 0 aromatic heterocycles. The van der Waals surface area contributed by atoms with Gasteiger partial charge in [0.05, 0.1) is 24.6 Å². The Labute approximate surface area is 117 Å². The van der Waals surface area contributed by atoms with Crippen LogP contribution in [0, 0.1) is 24.2 Å². The number of rotatable bonds is 4. The molecule has 1 amide bonds. The average molecular weight is 277 g/mol. The van der Waals surface area contributed by atoms with Gasteiger partial charge in [0.2, 0.25) is 5.91 Å². The first-order valence-corrected chi connectivity index (χ1v) is 6.47. The van der Waals surface area contributed by atoms with E-state index in [0.717, 1.165) is 5.56 Å². The van der Waals surface area contributed by atoms with Crippen molar-refractivity contribution in [3.8, 4) is 5.75 Å². The number of carbonyl (C=O) groups is 2. The lowest BCUT2D eigenvalue weighted by Crippen LogP contribution is -2.18. The zero-order chi connectivity index (χ0) is 15.1. The fraction of sp³-hybridized carbons (Fsp3) is 0.467. The van der Waals surface area contributed by atoms with Gasteiger partial charge < -0.3 is 15.2 Å². The Morgan fingerprint density at radius 1 is 1.30 bits per heavy atom. The maximum atomic E-state index is 12.3. The van der Waals surface area contributed by atoms with Crippen molar-refractivity contribution in [1.82, 2.24) is 0 Å². The first-order chi connectivity index (χ1) is 9.28. The largest absolute Gasteiger partial charge is 0.495 e. The van der Waals surface area contributed by atoms with Crippen molar-refractivity contribution in [1.29, 1.82) is 0 Å². The van der Waals surface area contributed by atoms with E-state index in [1.165, 1.54) is 7.11 Å². The minimum atomic E-state index is -0.925. The number of amides is 1. The quantitative estimate of drug-likeness (QED) is 0.885. The van der Waals surface area contributed by atoms with Gasteiger partial charge in [-0.25, -0.2) is 0 Å². The Bertz CT molecular complexity index is 565. The van der Waals surface area contributed by atoms with Gasteiger partial charge in [0, 0.05) is 0 Å². The van der Waals surface area contributed by atoms with E-state index >= 15 is 0 Å². The first kappa shape index (κ1) is 14.4. The fourth-order valence-electron chi connectivity index (χ4n) is 2.72. The Morgan fingerprint density at radius 2 is 1.95 bits per heavy atom.